The second-order valence-electron chi connectivity index (χ2n) is 4.40. The van der Waals surface area contributed by atoms with E-state index in [1.165, 1.54) is 7.11 Å². The summed E-state index contributed by atoms with van der Waals surface area (Å²) in [5.41, 5.74) is 1.95. The average Bonchev–Trinajstić information content (AvgIpc) is 2.37. The van der Waals surface area contributed by atoms with Gasteiger partial charge in [0.05, 0.1) is 6.04 Å². The van der Waals surface area contributed by atoms with E-state index in [0.29, 0.717) is 11.4 Å². The smallest absolute Gasteiger partial charge is 0.404 e. The van der Waals surface area contributed by atoms with Gasteiger partial charge in [0.2, 0.25) is 0 Å². The number of aryl methyl sites for hydroxylation is 1. The van der Waals surface area contributed by atoms with Crippen LogP contribution in [-0.2, 0) is 15.9 Å². The first-order valence-corrected chi connectivity index (χ1v) is 6.38. The van der Waals surface area contributed by atoms with Crippen LogP contribution in [-0.4, -0.2) is 31.1 Å². The molecule has 0 saturated heterocycles. The van der Waals surface area contributed by atoms with Crippen molar-refractivity contribution >= 4 is 17.7 Å². The van der Waals surface area contributed by atoms with Crippen molar-refractivity contribution in [3.05, 3.63) is 34.3 Å². The molecule has 104 valence electrons. The van der Waals surface area contributed by atoms with Crippen LogP contribution < -0.4 is 5.32 Å². The topological polar surface area (TPSA) is 67.8 Å². The quantitative estimate of drug-likeness (QED) is 0.835. The van der Waals surface area contributed by atoms with E-state index in [4.69, 9.17) is 26.2 Å². The maximum Gasteiger partial charge on any atom is 0.404 e. The lowest BCUT2D eigenvalue weighted by Gasteiger charge is -2.33. The molecule has 0 heterocycles. The highest BCUT2D eigenvalue weighted by Crippen LogP contribution is 2.37. The van der Waals surface area contributed by atoms with E-state index in [1.807, 2.05) is 12.1 Å². The Morgan fingerprint density at radius 1 is 1.58 bits per heavy atom. The Balaban J connectivity index is 2.30. The molecular formula is C13H16ClNO4. The average molecular weight is 286 g/mol. The molecule has 2 atom stereocenters. The molecule has 0 radical (unpaired) electrons. The number of halogens is 1. The predicted octanol–water partition coefficient (Wildman–Crippen LogP) is 2.58. The van der Waals surface area contributed by atoms with Crippen molar-refractivity contribution in [3.8, 4) is 0 Å². The van der Waals surface area contributed by atoms with E-state index >= 15 is 0 Å². The lowest BCUT2D eigenvalue weighted by Crippen LogP contribution is -2.42. The summed E-state index contributed by atoms with van der Waals surface area (Å²) in [5.74, 6) is 0. The van der Waals surface area contributed by atoms with Gasteiger partial charge in [-0.25, -0.2) is 4.79 Å². The number of amides is 1. The SMILES string of the molecule is COCO[C@@H]1c2c(Cl)cccc2CC[C@@H]1NC(=O)O. The van der Waals surface area contributed by atoms with Crippen LogP contribution in [0.3, 0.4) is 0 Å². The second kappa shape index (κ2) is 6.23. The van der Waals surface area contributed by atoms with E-state index in [2.05, 4.69) is 5.32 Å². The summed E-state index contributed by atoms with van der Waals surface area (Å²) >= 11 is 6.22. The van der Waals surface area contributed by atoms with Gasteiger partial charge in [-0.3, -0.25) is 0 Å². The number of benzene rings is 1. The molecule has 5 nitrogen and oxygen atoms in total. The number of hydrogen-bond acceptors (Lipinski definition) is 3. The Bertz CT molecular complexity index is 466. The minimum Gasteiger partial charge on any atom is -0.465 e. The fourth-order valence-electron chi connectivity index (χ4n) is 2.43. The molecule has 1 aliphatic carbocycles. The maximum absolute atomic E-state index is 10.9. The summed E-state index contributed by atoms with van der Waals surface area (Å²) < 4.78 is 10.5. The van der Waals surface area contributed by atoms with Crippen LogP contribution >= 0.6 is 11.6 Å². The monoisotopic (exact) mass is 285 g/mol. The van der Waals surface area contributed by atoms with Crippen LogP contribution in [0, 0.1) is 0 Å². The highest BCUT2D eigenvalue weighted by Gasteiger charge is 2.33. The van der Waals surface area contributed by atoms with Gasteiger partial charge in [-0.05, 0) is 24.5 Å². The number of hydrogen-bond donors (Lipinski definition) is 2. The van der Waals surface area contributed by atoms with Gasteiger partial charge >= 0.3 is 6.09 Å². The summed E-state index contributed by atoms with van der Waals surface area (Å²) in [6.45, 7) is 0.0904. The van der Waals surface area contributed by atoms with Crippen molar-refractivity contribution in [2.45, 2.75) is 25.0 Å². The summed E-state index contributed by atoms with van der Waals surface area (Å²) in [6.07, 6.45) is -0.0400. The van der Waals surface area contributed by atoms with Gasteiger partial charge in [-0.1, -0.05) is 23.7 Å². The highest BCUT2D eigenvalue weighted by molar-refractivity contribution is 6.31. The number of rotatable bonds is 4. The van der Waals surface area contributed by atoms with Gasteiger partial charge in [0, 0.05) is 17.7 Å². The minimum atomic E-state index is -1.06. The zero-order valence-corrected chi connectivity index (χ0v) is 11.3. The minimum absolute atomic E-state index is 0.0904. The lowest BCUT2D eigenvalue weighted by molar-refractivity contribution is -0.0877. The number of carboxylic acid groups (broad SMARTS) is 1. The molecule has 0 spiro atoms. The number of nitrogens with one attached hydrogen (secondary N) is 1. The Morgan fingerprint density at radius 2 is 2.37 bits per heavy atom. The van der Waals surface area contributed by atoms with E-state index in [0.717, 1.165) is 17.5 Å². The Hall–Kier alpha value is -1.30. The van der Waals surface area contributed by atoms with Crippen LogP contribution in [0.5, 0.6) is 0 Å². The maximum atomic E-state index is 10.9. The Labute approximate surface area is 116 Å². The van der Waals surface area contributed by atoms with Crippen molar-refractivity contribution in [1.82, 2.24) is 5.32 Å². The largest absolute Gasteiger partial charge is 0.465 e. The van der Waals surface area contributed by atoms with Crippen molar-refractivity contribution in [3.63, 3.8) is 0 Å². The molecule has 0 bridgehead atoms. The van der Waals surface area contributed by atoms with E-state index < -0.39 is 12.2 Å². The van der Waals surface area contributed by atoms with Crippen LogP contribution in [0.25, 0.3) is 0 Å². The van der Waals surface area contributed by atoms with Gasteiger partial charge in [-0.15, -0.1) is 0 Å². The zero-order valence-electron chi connectivity index (χ0n) is 10.6. The van der Waals surface area contributed by atoms with E-state index in [9.17, 15) is 4.79 Å². The molecule has 0 saturated carbocycles. The first-order valence-electron chi connectivity index (χ1n) is 6.00. The zero-order chi connectivity index (χ0) is 13.8. The molecule has 2 rings (SSSR count). The van der Waals surface area contributed by atoms with Crippen molar-refractivity contribution in [2.24, 2.45) is 0 Å². The van der Waals surface area contributed by atoms with Crippen molar-refractivity contribution in [2.75, 3.05) is 13.9 Å². The Morgan fingerprint density at radius 3 is 3.05 bits per heavy atom. The molecule has 6 heteroatoms. The third-order valence-corrected chi connectivity index (χ3v) is 3.52. The van der Waals surface area contributed by atoms with Crippen LogP contribution in [0.2, 0.25) is 5.02 Å². The number of methoxy groups -OCH3 is 1. The van der Waals surface area contributed by atoms with Crippen molar-refractivity contribution < 1.29 is 19.4 Å². The van der Waals surface area contributed by atoms with Gasteiger partial charge in [-0.2, -0.15) is 0 Å². The summed E-state index contributed by atoms with van der Waals surface area (Å²) in [5, 5.41) is 12.0. The fourth-order valence-corrected chi connectivity index (χ4v) is 2.73. The standard InChI is InChI=1S/C13H16ClNO4/c1-18-7-19-12-10(15-13(16)17)6-5-8-3-2-4-9(14)11(8)12/h2-4,10,12,15H,5-7H2,1H3,(H,16,17)/t10-,12-/m0/s1. The molecular weight excluding hydrogens is 270 g/mol. The lowest BCUT2D eigenvalue weighted by atomic mass is 9.85. The van der Waals surface area contributed by atoms with E-state index in [-0.39, 0.29) is 12.8 Å². The third kappa shape index (κ3) is 3.18. The molecule has 0 fully saturated rings. The molecule has 1 amide bonds. The molecule has 19 heavy (non-hydrogen) atoms. The molecule has 0 aliphatic heterocycles. The fraction of sp³-hybridized carbons (Fsp3) is 0.462. The normalized spacial score (nSPS) is 21.8. The number of fused-ring (bicyclic) bond motifs is 1. The predicted molar refractivity (Wildman–Crippen MR) is 70.4 cm³/mol. The first kappa shape index (κ1) is 14.1. The third-order valence-electron chi connectivity index (χ3n) is 3.19. The van der Waals surface area contributed by atoms with Gasteiger partial charge in [0.15, 0.2) is 0 Å². The first-order chi connectivity index (χ1) is 9.13. The number of ether oxygens (including phenoxy) is 2. The molecule has 1 aliphatic rings. The highest BCUT2D eigenvalue weighted by atomic mass is 35.5. The van der Waals surface area contributed by atoms with Gasteiger partial charge in [0.25, 0.3) is 0 Å². The molecule has 0 unspecified atom stereocenters. The molecule has 2 N–H and O–H groups in total. The Kier molecular flexibility index (Phi) is 4.63. The summed E-state index contributed by atoms with van der Waals surface area (Å²) in [7, 11) is 1.52. The molecule has 1 aromatic carbocycles. The summed E-state index contributed by atoms with van der Waals surface area (Å²) in [4.78, 5) is 10.9. The summed E-state index contributed by atoms with van der Waals surface area (Å²) in [6, 6.07) is 5.34. The van der Waals surface area contributed by atoms with Crippen molar-refractivity contribution in [1.29, 1.82) is 0 Å². The van der Waals surface area contributed by atoms with E-state index in [1.54, 1.807) is 6.07 Å². The van der Waals surface area contributed by atoms with Crippen LogP contribution in [0.1, 0.15) is 23.7 Å². The molecule has 0 aromatic heterocycles. The van der Waals surface area contributed by atoms with Crippen LogP contribution in [0.15, 0.2) is 18.2 Å². The van der Waals surface area contributed by atoms with Crippen LogP contribution in [0.4, 0.5) is 4.79 Å². The van der Waals surface area contributed by atoms with Gasteiger partial charge in [0.1, 0.15) is 12.9 Å². The van der Waals surface area contributed by atoms with Gasteiger partial charge < -0.3 is 19.9 Å². The molecule has 1 aromatic rings. The number of carbonyl (C=O) groups is 1. The second-order valence-corrected chi connectivity index (χ2v) is 4.81.